The number of rotatable bonds is 3. The number of hydrogen-bond acceptors (Lipinski definition) is 5. The van der Waals surface area contributed by atoms with Crippen molar-refractivity contribution < 1.29 is 5.11 Å². The smallest absolute Gasteiger partial charge is 0.184 e. The minimum atomic E-state index is -0.199. The molecule has 2 aromatic heterocycles. The van der Waals surface area contributed by atoms with Gasteiger partial charge in [-0.1, -0.05) is 0 Å². The van der Waals surface area contributed by atoms with E-state index in [0.29, 0.717) is 11.3 Å². The van der Waals surface area contributed by atoms with Crippen molar-refractivity contribution in [3.05, 3.63) is 12.7 Å². The second-order valence-electron chi connectivity index (χ2n) is 5.01. The first kappa shape index (κ1) is 12.0. The summed E-state index contributed by atoms with van der Waals surface area (Å²) in [5, 5.41) is 9.39. The monoisotopic (exact) mass is 260 g/mol. The van der Waals surface area contributed by atoms with Crippen molar-refractivity contribution in [1.29, 1.82) is 0 Å². The van der Waals surface area contributed by atoms with Gasteiger partial charge in [-0.3, -0.25) is 0 Å². The van der Waals surface area contributed by atoms with Crippen LogP contribution in [0.2, 0.25) is 0 Å². The van der Waals surface area contributed by atoms with Gasteiger partial charge in [0.25, 0.3) is 0 Å². The number of aromatic nitrogens is 4. The Morgan fingerprint density at radius 1 is 1.37 bits per heavy atom. The number of imidazole rings is 1. The summed E-state index contributed by atoms with van der Waals surface area (Å²) in [6, 6.07) is 0.278. The average Bonchev–Trinajstić information content (AvgIpc) is 2.76. The van der Waals surface area contributed by atoms with E-state index in [-0.39, 0.29) is 12.1 Å². The molecule has 1 N–H and O–H groups in total. The average molecular weight is 260 g/mol. The molecule has 100 valence electrons. The highest BCUT2D eigenvalue weighted by Crippen LogP contribution is 2.34. The second kappa shape index (κ2) is 4.58. The molecule has 0 unspecified atom stereocenters. The van der Waals surface area contributed by atoms with Gasteiger partial charge >= 0.3 is 0 Å². The van der Waals surface area contributed by atoms with Crippen molar-refractivity contribution in [2.75, 3.05) is 14.1 Å². The lowest BCUT2D eigenvalue weighted by molar-refractivity contribution is 0.0499. The summed E-state index contributed by atoms with van der Waals surface area (Å²) in [5.41, 5.74) is 1.47. The van der Waals surface area contributed by atoms with E-state index in [9.17, 15) is 5.11 Å². The lowest BCUT2D eigenvalue weighted by Crippen LogP contribution is -2.30. The third-order valence-electron chi connectivity index (χ3n) is 3.23. The van der Waals surface area contributed by atoms with Gasteiger partial charge in [-0.2, -0.15) is 0 Å². The zero-order valence-corrected chi connectivity index (χ0v) is 10.9. The van der Waals surface area contributed by atoms with Gasteiger partial charge in [-0.15, -0.1) is 0 Å². The molecule has 0 aliphatic heterocycles. The van der Waals surface area contributed by atoms with Crippen molar-refractivity contribution >= 4 is 23.3 Å². The summed E-state index contributed by atoms with van der Waals surface area (Å²) in [4.78, 5) is 18.9. The van der Waals surface area contributed by atoms with Crippen molar-refractivity contribution in [1.82, 2.24) is 24.4 Å². The largest absolute Gasteiger partial charge is 0.393 e. The van der Waals surface area contributed by atoms with E-state index in [1.54, 1.807) is 12.7 Å². The van der Waals surface area contributed by atoms with E-state index in [1.165, 1.54) is 6.33 Å². The molecule has 1 aliphatic carbocycles. The van der Waals surface area contributed by atoms with Gasteiger partial charge in [-0.25, -0.2) is 19.9 Å². The molecule has 1 saturated carbocycles. The Morgan fingerprint density at radius 3 is 2.84 bits per heavy atom. The Kier molecular flexibility index (Phi) is 2.90. The number of nitrogens with zero attached hydrogens (tertiary/aromatic N) is 6. The molecule has 3 rings (SSSR count). The number of fused-ring (bicyclic) bond motifs is 1. The molecular weight excluding hydrogens is 244 g/mol. The zero-order chi connectivity index (χ0) is 13.4. The Bertz CT molecular complexity index is 614. The van der Waals surface area contributed by atoms with Crippen LogP contribution in [0.1, 0.15) is 18.9 Å². The standard InChI is InChI=1S/C12H16N6O/c1-17(2)6-16-11-10-12(14-5-13-11)18(7-15-10)8-3-9(19)4-8/h5-9,19H,3-4H2,1-2H3. The quantitative estimate of drug-likeness (QED) is 0.650. The molecule has 1 aliphatic rings. The number of aliphatic hydroxyl groups is 1. The fraction of sp³-hybridized carbons (Fsp3) is 0.500. The van der Waals surface area contributed by atoms with Gasteiger partial charge in [-0.05, 0) is 12.8 Å². The molecule has 0 amide bonds. The van der Waals surface area contributed by atoms with Gasteiger partial charge in [0.05, 0.1) is 18.8 Å². The summed E-state index contributed by atoms with van der Waals surface area (Å²) >= 11 is 0. The number of aliphatic imine (C=N–C) groups is 1. The normalized spacial score (nSPS) is 22.9. The molecule has 0 aromatic carbocycles. The first-order chi connectivity index (χ1) is 9.15. The van der Waals surface area contributed by atoms with E-state index in [2.05, 4.69) is 19.9 Å². The molecule has 0 saturated heterocycles. The maximum atomic E-state index is 9.39. The lowest BCUT2D eigenvalue weighted by atomic mass is 9.89. The minimum Gasteiger partial charge on any atom is -0.393 e. The van der Waals surface area contributed by atoms with Crippen LogP contribution in [0.5, 0.6) is 0 Å². The van der Waals surface area contributed by atoms with Crippen LogP contribution in [0.4, 0.5) is 5.82 Å². The third kappa shape index (κ3) is 2.17. The summed E-state index contributed by atoms with van der Waals surface area (Å²) in [6.45, 7) is 0. The predicted octanol–water partition coefficient (Wildman–Crippen LogP) is 0.743. The molecule has 19 heavy (non-hydrogen) atoms. The van der Waals surface area contributed by atoms with Crippen LogP contribution < -0.4 is 0 Å². The maximum absolute atomic E-state index is 9.39. The Balaban J connectivity index is 1.98. The maximum Gasteiger partial charge on any atom is 0.184 e. The van der Waals surface area contributed by atoms with Crippen LogP contribution in [0.3, 0.4) is 0 Å². The SMILES string of the molecule is CN(C)C=Nc1ncnc2c1ncn2C1CC(O)C1. The highest BCUT2D eigenvalue weighted by Gasteiger charge is 2.30. The van der Waals surface area contributed by atoms with Gasteiger partial charge in [0.1, 0.15) is 6.33 Å². The first-order valence-electron chi connectivity index (χ1n) is 6.21. The van der Waals surface area contributed by atoms with Gasteiger partial charge in [0.15, 0.2) is 17.0 Å². The Hall–Kier alpha value is -2.02. The highest BCUT2D eigenvalue weighted by molar-refractivity contribution is 5.82. The van der Waals surface area contributed by atoms with Gasteiger partial charge in [0, 0.05) is 20.1 Å². The van der Waals surface area contributed by atoms with Crippen molar-refractivity contribution in [2.45, 2.75) is 25.0 Å². The highest BCUT2D eigenvalue weighted by atomic mass is 16.3. The zero-order valence-electron chi connectivity index (χ0n) is 10.9. The molecule has 1 fully saturated rings. The van der Waals surface area contributed by atoms with Crippen LogP contribution in [-0.4, -0.2) is 56.1 Å². The molecule has 7 heteroatoms. The molecule has 0 bridgehead atoms. The van der Waals surface area contributed by atoms with Crippen LogP contribution in [0.15, 0.2) is 17.6 Å². The van der Waals surface area contributed by atoms with Crippen LogP contribution in [0, 0.1) is 0 Å². The second-order valence-corrected chi connectivity index (χ2v) is 5.01. The van der Waals surface area contributed by atoms with E-state index in [0.717, 1.165) is 18.5 Å². The van der Waals surface area contributed by atoms with E-state index in [1.807, 2.05) is 23.6 Å². The number of hydrogen-bond donors (Lipinski definition) is 1. The fourth-order valence-corrected chi connectivity index (χ4v) is 2.16. The topological polar surface area (TPSA) is 79.4 Å². The summed E-state index contributed by atoms with van der Waals surface area (Å²) in [7, 11) is 3.80. The van der Waals surface area contributed by atoms with E-state index < -0.39 is 0 Å². The third-order valence-corrected chi connectivity index (χ3v) is 3.23. The molecule has 0 radical (unpaired) electrons. The number of aliphatic hydroxyl groups excluding tert-OH is 1. The molecular formula is C12H16N6O. The van der Waals surface area contributed by atoms with E-state index >= 15 is 0 Å². The van der Waals surface area contributed by atoms with Crippen LogP contribution >= 0.6 is 0 Å². The molecule has 0 atom stereocenters. The Labute approximate surface area is 110 Å². The van der Waals surface area contributed by atoms with Gasteiger partial charge in [0.2, 0.25) is 0 Å². The molecule has 7 nitrogen and oxygen atoms in total. The first-order valence-corrected chi connectivity index (χ1v) is 6.21. The predicted molar refractivity (Wildman–Crippen MR) is 71.4 cm³/mol. The van der Waals surface area contributed by atoms with Gasteiger partial charge < -0.3 is 14.6 Å². The van der Waals surface area contributed by atoms with Crippen molar-refractivity contribution in [3.63, 3.8) is 0 Å². The molecule has 2 heterocycles. The van der Waals surface area contributed by atoms with Crippen LogP contribution in [0.25, 0.3) is 11.2 Å². The molecule has 2 aromatic rings. The molecule has 0 spiro atoms. The minimum absolute atomic E-state index is 0.199. The van der Waals surface area contributed by atoms with Crippen molar-refractivity contribution in [3.8, 4) is 0 Å². The Morgan fingerprint density at radius 2 is 2.16 bits per heavy atom. The van der Waals surface area contributed by atoms with Crippen LogP contribution in [-0.2, 0) is 0 Å². The lowest BCUT2D eigenvalue weighted by Gasteiger charge is -2.32. The summed E-state index contributed by atoms with van der Waals surface area (Å²) in [5.74, 6) is 0.567. The van der Waals surface area contributed by atoms with Crippen molar-refractivity contribution in [2.24, 2.45) is 4.99 Å². The summed E-state index contributed by atoms with van der Waals surface area (Å²) in [6.07, 6.45) is 6.25. The van der Waals surface area contributed by atoms with E-state index in [4.69, 9.17) is 0 Å². The summed E-state index contributed by atoms with van der Waals surface area (Å²) < 4.78 is 2.00. The fourth-order valence-electron chi connectivity index (χ4n) is 2.16.